The number of aryl methyl sites for hydroxylation is 1. The summed E-state index contributed by atoms with van der Waals surface area (Å²) in [6.45, 7) is 4.46. The van der Waals surface area contributed by atoms with Gasteiger partial charge in [0.15, 0.2) is 0 Å². The van der Waals surface area contributed by atoms with Gasteiger partial charge in [-0.2, -0.15) is 11.3 Å². The van der Waals surface area contributed by atoms with Crippen molar-refractivity contribution in [3.8, 4) is 11.3 Å². The van der Waals surface area contributed by atoms with Crippen molar-refractivity contribution in [2.45, 2.75) is 39.2 Å². The molecule has 1 atom stereocenters. The highest BCUT2D eigenvalue weighted by Gasteiger charge is 2.15. The zero-order valence-electron chi connectivity index (χ0n) is 14.0. The van der Waals surface area contributed by atoms with Gasteiger partial charge in [0.05, 0.1) is 17.0 Å². The maximum Gasteiger partial charge on any atom is 0.253 e. The van der Waals surface area contributed by atoms with Crippen molar-refractivity contribution in [2.24, 2.45) is 5.73 Å². The van der Waals surface area contributed by atoms with Crippen LogP contribution in [0.25, 0.3) is 11.3 Å². The van der Waals surface area contributed by atoms with Crippen molar-refractivity contribution in [1.82, 2.24) is 10.3 Å². The molecule has 1 unspecified atom stereocenters. The van der Waals surface area contributed by atoms with Crippen LogP contribution in [0.15, 0.2) is 29.0 Å². The Kier molecular flexibility index (Phi) is 10.9. The highest BCUT2D eigenvalue weighted by atomic mass is 35.5. The first-order valence-electron chi connectivity index (χ1n) is 7.66. The number of nitrogens with one attached hydrogen (secondary N) is 1. The van der Waals surface area contributed by atoms with E-state index in [0.29, 0.717) is 12.1 Å². The summed E-state index contributed by atoms with van der Waals surface area (Å²) in [4.78, 5) is 16.9. The molecular formula is C17H25Cl2N3OS. The second kappa shape index (κ2) is 11.4. The summed E-state index contributed by atoms with van der Waals surface area (Å²) < 4.78 is 0. The minimum atomic E-state index is -0.0894. The van der Waals surface area contributed by atoms with Crippen molar-refractivity contribution in [1.29, 1.82) is 0 Å². The summed E-state index contributed by atoms with van der Waals surface area (Å²) in [5.74, 6) is -0.0894. The van der Waals surface area contributed by atoms with E-state index in [4.69, 9.17) is 5.73 Å². The zero-order chi connectivity index (χ0) is 15.9. The lowest BCUT2D eigenvalue weighted by molar-refractivity contribution is 0.0934. The lowest BCUT2D eigenvalue weighted by Gasteiger charge is -2.17. The van der Waals surface area contributed by atoms with Gasteiger partial charge in [-0.15, -0.1) is 24.8 Å². The fourth-order valence-electron chi connectivity index (χ4n) is 2.33. The van der Waals surface area contributed by atoms with Crippen LogP contribution in [0.1, 0.15) is 42.2 Å². The number of hydrogen-bond donors (Lipinski definition) is 2. The predicted octanol–water partition coefficient (Wildman–Crippen LogP) is 4.21. The van der Waals surface area contributed by atoms with Crippen molar-refractivity contribution in [3.63, 3.8) is 0 Å². The van der Waals surface area contributed by atoms with E-state index < -0.39 is 0 Å². The van der Waals surface area contributed by atoms with Crippen LogP contribution in [0.2, 0.25) is 0 Å². The SMILES string of the molecule is CCCCC(CN)NC(=O)c1ccc(-c2ccsc2)nc1C.Cl.Cl. The molecule has 24 heavy (non-hydrogen) atoms. The smallest absolute Gasteiger partial charge is 0.253 e. The van der Waals surface area contributed by atoms with E-state index in [1.54, 1.807) is 11.3 Å². The summed E-state index contributed by atoms with van der Waals surface area (Å²) in [5.41, 5.74) is 9.09. The maximum absolute atomic E-state index is 12.4. The Morgan fingerprint density at radius 2 is 2.08 bits per heavy atom. The number of hydrogen-bond acceptors (Lipinski definition) is 4. The first-order valence-corrected chi connectivity index (χ1v) is 8.61. The summed E-state index contributed by atoms with van der Waals surface area (Å²) in [6.07, 6.45) is 3.08. The molecule has 7 heteroatoms. The van der Waals surface area contributed by atoms with Crippen LogP contribution >= 0.6 is 36.2 Å². The molecule has 4 nitrogen and oxygen atoms in total. The zero-order valence-corrected chi connectivity index (χ0v) is 16.4. The van der Waals surface area contributed by atoms with Crippen LogP contribution in [0, 0.1) is 6.92 Å². The second-order valence-corrected chi connectivity index (χ2v) is 6.17. The summed E-state index contributed by atoms with van der Waals surface area (Å²) in [5, 5.41) is 7.08. The fraction of sp³-hybridized carbons (Fsp3) is 0.412. The van der Waals surface area contributed by atoms with Gasteiger partial charge in [0.25, 0.3) is 5.91 Å². The highest BCUT2D eigenvalue weighted by Crippen LogP contribution is 2.21. The second-order valence-electron chi connectivity index (χ2n) is 5.39. The number of pyridine rings is 1. The minimum absolute atomic E-state index is 0. The van der Waals surface area contributed by atoms with Gasteiger partial charge in [-0.1, -0.05) is 19.8 Å². The van der Waals surface area contributed by atoms with Gasteiger partial charge in [-0.3, -0.25) is 9.78 Å². The highest BCUT2D eigenvalue weighted by molar-refractivity contribution is 7.08. The van der Waals surface area contributed by atoms with E-state index >= 15 is 0 Å². The number of rotatable bonds is 7. The van der Waals surface area contributed by atoms with Gasteiger partial charge >= 0.3 is 0 Å². The molecule has 2 heterocycles. The molecule has 134 valence electrons. The molecule has 0 saturated carbocycles. The Labute approximate surface area is 160 Å². The van der Waals surface area contributed by atoms with E-state index in [1.807, 2.05) is 30.5 Å². The van der Waals surface area contributed by atoms with Gasteiger partial charge in [0, 0.05) is 23.5 Å². The summed E-state index contributed by atoms with van der Waals surface area (Å²) >= 11 is 1.64. The Bertz CT molecular complexity index is 620. The molecular weight excluding hydrogens is 365 g/mol. The fourth-order valence-corrected chi connectivity index (χ4v) is 2.98. The number of nitrogens with zero attached hydrogens (tertiary/aromatic N) is 1. The standard InChI is InChI=1S/C17H23N3OS.2ClH/c1-3-4-5-14(10-18)20-17(21)15-6-7-16(19-12(15)2)13-8-9-22-11-13;;/h6-9,11,14H,3-5,10,18H2,1-2H3,(H,20,21);2*1H. The largest absolute Gasteiger partial charge is 0.348 e. The van der Waals surface area contributed by atoms with Crippen LogP contribution in [0.5, 0.6) is 0 Å². The molecule has 1 amide bonds. The van der Waals surface area contributed by atoms with Crippen molar-refractivity contribution in [3.05, 3.63) is 40.2 Å². The van der Waals surface area contributed by atoms with Gasteiger partial charge in [-0.25, -0.2) is 0 Å². The van der Waals surface area contributed by atoms with Crippen LogP contribution < -0.4 is 11.1 Å². The average molecular weight is 390 g/mol. The molecule has 0 bridgehead atoms. The molecule has 0 aliphatic carbocycles. The van der Waals surface area contributed by atoms with E-state index in [2.05, 4.69) is 22.6 Å². The molecule has 2 aromatic rings. The van der Waals surface area contributed by atoms with Crippen LogP contribution in [-0.2, 0) is 0 Å². The molecule has 0 aliphatic rings. The predicted molar refractivity (Wildman–Crippen MR) is 107 cm³/mol. The lowest BCUT2D eigenvalue weighted by atomic mass is 10.1. The lowest BCUT2D eigenvalue weighted by Crippen LogP contribution is -2.40. The summed E-state index contributed by atoms with van der Waals surface area (Å²) in [7, 11) is 0. The topological polar surface area (TPSA) is 68.0 Å². The third-order valence-corrected chi connectivity index (χ3v) is 4.36. The van der Waals surface area contributed by atoms with Gasteiger partial charge in [0.1, 0.15) is 0 Å². The van der Waals surface area contributed by atoms with Gasteiger partial charge in [0.2, 0.25) is 0 Å². The Morgan fingerprint density at radius 1 is 1.33 bits per heavy atom. The molecule has 0 spiro atoms. The van der Waals surface area contributed by atoms with Crippen LogP contribution in [0.3, 0.4) is 0 Å². The minimum Gasteiger partial charge on any atom is -0.348 e. The average Bonchev–Trinajstić information content (AvgIpc) is 3.05. The number of aromatic nitrogens is 1. The van der Waals surface area contributed by atoms with Crippen LogP contribution in [-0.4, -0.2) is 23.5 Å². The quantitative estimate of drug-likeness (QED) is 0.744. The van der Waals surface area contributed by atoms with Gasteiger partial charge < -0.3 is 11.1 Å². The van der Waals surface area contributed by atoms with E-state index in [1.165, 1.54) is 0 Å². The number of halogens is 2. The van der Waals surface area contributed by atoms with Crippen molar-refractivity contribution < 1.29 is 4.79 Å². The Hall–Kier alpha value is -1.14. The number of amides is 1. The van der Waals surface area contributed by atoms with Gasteiger partial charge in [-0.05, 0) is 36.9 Å². The third kappa shape index (κ3) is 6.06. The molecule has 2 aromatic heterocycles. The molecule has 3 N–H and O–H groups in total. The van der Waals surface area contributed by atoms with E-state index in [0.717, 1.165) is 36.2 Å². The third-order valence-electron chi connectivity index (χ3n) is 3.67. The Morgan fingerprint density at radius 3 is 2.62 bits per heavy atom. The first-order chi connectivity index (χ1) is 10.7. The number of carbonyl (C=O) groups is 1. The van der Waals surface area contributed by atoms with Crippen molar-refractivity contribution >= 4 is 42.1 Å². The molecule has 0 radical (unpaired) electrons. The summed E-state index contributed by atoms with van der Waals surface area (Å²) in [6, 6.07) is 5.80. The number of nitrogens with two attached hydrogens (primary N) is 1. The van der Waals surface area contributed by atoms with E-state index in [-0.39, 0.29) is 36.8 Å². The molecule has 0 aromatic carbocycles. The van der Waals surface area contributed by atoms with Crippen molar-refractivity contribution in [2.75, 3.05) is 6.54 Å². The number of unbranched alkanes of at least 4 members (excludes halogenated alkanes) is 1. The normalized spacial score (nSPS) is 11.1. The number of thiophene rings is 1. The number of carbonyl (C=O) groups excluding carboxylic acids is 1. The first kappa shape index (κ1) is 22.9. The monoisotopic (exact) mass is 389 g/mol. The molecule has 0 fully saturated rings. The van der Waals surface area contributed by atoms with E-state index in [9.17, 15) is 4.79 Å². The van der Waals surface area contributed by atoms with Crippen LogP contribution in [0.4, 0.5) is 0 Å². The Balaban J connectivity index is 0.00000264. The molecule has 0 saturated heterocycles. The maximum atomic E-state index is 12.4. The molecule has 0 aliphatic heterocycles. The molecule has 2 rings (SSSR count).